The van der Waals surface area contributed by atoms with Crippen LogP contribution in [0.15, 0.2) is 24.3 Å². The summed E-state index contributed by atoms with van der Waals surface area (Å²) in [6.07, 6.45) is 6.23. The largest absolute Gasteiger partial charge is 0.351 e. The van der Waals surface area contributed by atoms with Crippen molar-refractivity contribution in [2.24, 2.45) is 0 Å². The maximum Gasteiger partial charge on any atom is 0.225 e. The Morgan fingerprint density at radius 1 is 1.09 bits per heavy atom. The molecule has 0 amide bonds. The smallest absolute Gasteiger partial charge is 0.225 e. The number of nitrogens with zero attached hydrogens (tertiary/aromatic N) is 2. The van der Waals surface area contributed by atoms with Crippen molar-refractivity contribution < 1.29 is 0 Å². The van der Waals surface area contributed by atoms with E-state index in [9.17, 15) is 0 Å². The summed E-state index contributed by atoms with van der Waals surface area (Å²) < 4.78 is 0. The molecule has 1 aromatic carbocycles. The van der Waals surface area contributed by atoms with Gasteiger partial charge in [0, 0.05) is 17.8 Å². The Hall–Kier alpha value is -1.52. The summed E-state index contributed by atoms with van der Waals surface area (Å²) in [4.78, 5) is 9.05. The maximum absolute atomic E-state index is 6.22. The van der Waals surface area contributed by atoms with E-state index < -0.39 is 0 Å². The Labute approximate surface area is 146 Å². The zero-order chi connectivity index (χ0) is 16.2. The molecule has 0 atom stereocenters. The van der Waals surface area contributed by atoms with Crippen molar-refractivity contribution in [1.82, 2.24) is 9.97 Å². The SMILES string of the molecule is Cc1cc(Nc2cccc(Cl)c2Cl)nc(NC2CCCCC2)n1. The van der Waals surface area contributed by atoms with E-state index in [0.29, 0.717) is 27.9 Å². The van der Waals surface area contributed by atoms with Gasteiger partial charge in [0.05, 0.1) is 15.7 Å². The minimum atomic E-state index is 0.466. The van der Waals surface area contributed by atoms with Crippen molar-refractivity contribution in [2.75, 3.05) is 10.6 Å². The molecule has 0 aliphatic heterocycles. The Morgan fingerprint density at radius 2 is 1.87 bits per heavy atom. The van der Waals surface area contributed by atoms with Gasteiger partial charge in [-0.1, -0.05) is 48.5 Å². The number of hydrogen-bond acceptors (Lipinski definition) is 4. The molecule has 122 valence electrons. The Morgan fingerprint density at radius 3 is 2.65 bits per heavy atom. The minimum Gasteiger partial charge on any atom is -0.351 e. The number of rotatable bonds is 4. The van der Waals surface area contributed by atoms with E-state index in [1.807, 2.05) is 25.1 Å². The van der Waals surface area contributed by atoms with E-state index in [1.54, 1.807) is 6.07 Å². The number of benzene rings is 1. The van der Waals surface area contributed by atoms with Gasteiger partial charge >= 0.3 is 0 Å². The van der Waals surface area contributed by atoms with Crippen LogP contribution in [-0.4, -0.2) is 16.0 Å². The summed E-state index contributed by atoms with van der Waals surface area (Å²) in [6.45, 7) is 1.96. The molecule has 2 aromatic rings. The lowest BCUT2D eigenvalue weighted by Gasteiger charge is -2.23. The third-order valence-electron chi connectivity index (χ3n) is 4.01. The average molecular weight is 351 g/mol. The first-order valence-corrected chi connectivity index (χ1v) is 8.70. The van der Waals surface area contributed by atoms with Gasteiger partial charge in [0.15, 0.2) is 0 Å². The highest BCUT2D eigenvalue weighted by Gasteiger charge is 2.15. The highest BCUT2D eigenvalue weighted by Crippen LogP contribution is 2.31. The number of aryl methyl sites for hydroxylation is 1. The maximum atomic E-state index is 6.22. The highest BCUT2D eigenvalue weighted by atomic mass is 35.5. The summed E-state index contributed by atoms with van der Waals surface area (Å²) in [6, 6.07) is 7.85. The molecule has 1 aromatic heterocycles. The molecule has 0 bridgehead atoms. The standard InChI is InChI=1S/C17H20Cl2N4/c1-11-10-15(22-14-9-5-8-13(18)16(14)19)23-17(20-11)21-12-6-3-2-4-7-12/h5,8-10,12H,2-4,6-7H2,1H3,(H2,20,21,22,23). The molecule has 3 rings (SSSR count). The monoisotopic (exact) mass is 350 g/mol. The van der Waals surface area contributed by atoms with E-state index in [2.05, 4.69) is 20.6 Å². The number of nitrogens with one attached hydrogen (secondary N) is 2. The first-order valence-electron chi connectivity index (χ1n) is 7.95. The van der Waals surface area contributed by atoms with Crippen molar-refractivity contribution in [3.05, 3.63) is 40.0 Å². The zero-order valence-electron chi connectivity index (χ0n) is 13.1. The molecule has 4 nitrogen and oxygen atoms in total. The quantitative estimate of drug-likeness (QED) is 0.755. The number of aromatic nitrogens is 2. The highest BCUT2D eigenvalue weighted by molar-refractivity contribution is 6.43. The van der Waals surface area contributed by atoms with Gasteiger partial charge in [0.25, 0.3) is 0 Å². The van der Waals surface area contributed by atoms with Gasteiger partial charge in [-0.15, -0.1) is 0 Å². The molecule has 0 spiro atoms. The molecule has 23 heavy (non-hydrogen) atoms. The lowest BCUT2D eigenvalue weighted by atomic mass is 9.96. The first-order chi connectivity index (χ1) is 11.1. The van der Waals surface area contributed by atoms with Crippen LogP contribution in [0.1, 0.15) is 37.8 Å². The normalized spacial score (nSPS) is 15.4. The van der Waals surface area contributed by atoms with Crippen LogP contribution in [-0.2, 0) is 0 Å². The molecule has 0 saturated heterocycles. The summed E-state index contributed by atoms with van der Waals surface area (Å²) in [5, 5.41) is 7.69. The summed E-state index contributed by atoms with van der Waals surface area (Å²) >= 11 is 12.3. The van der Waals surface area contributed by atoms with Crippen LogP contribution in [0.5, 0.6) is 0 Å². The molecule has 1 aliphatic carbocycles. The van der Waals surface area contributed by atoms with Crippen molar-refractivity contribution in [3.8, 4) is 0 Å². The van der Waals surface area contributed by atoms with Crippen LogP contribution < -0.4 is 10.6 Å². The lowest BCUT2D eigenvalue weighted by molar-refractivity contribution is 0.461. The van der Waals surface area contributed by atoms with Gasteiger partial charge in [-0.3, -0.25) is 0 Å². The minimum absolute atomic E-state index is 0.466. The number of anilines is 3. The van der Waals surface area contributed by atoms with Crippen LogP contribution in [0, 0.1) is 6.92 Å². The van der Waals surface area contributed by atoms with E-state index in [1.165, 1.54) is 32.1 Å². The average Bonchev–Trinajstić information content (AvgIpc) is 2.52. The van der Waals surface area contributed by atoms with Gasteiger partial charge in [0.2, 0.25) is 5.95 Å². The molecule has 2 N–H and O–H groups in total. The molecule has 6 heteroatoms. The van der Waals surface area contributed by atoms with Crippen molar-refractivity contribution in [1.29, 1.82) is 0 Å². The van der Waals surface area contributed by atoms with E-state index in [-0.39, 0.29) is 0 Å². The van der Waals surface area contributed by atoms with Gasteiger partial charge in [-0.25, -0.2) is 4.98 Å². The second-order valence-corrected chi connectivity index (χ2v) is 6.71. The fourth-order valence-corrected chi connectivity index (χ4v) is 3.21. The molecule has 1 heterocycles. The zero-order valence-corrected chi connectivity index (χ0v) is 14.6. The fourth-order valence-electron chi connectivity index (χ4n) is 2.86. The third-order valence-corrected chi connectivity index (χ3v) is 4.83. The third kappa shape index (κ3) is 4.27. The van der Waals surface area contributed by atoms with Crippen molar-refractivity contribution in [2.45, 2.75) is 45.1 Å². The summed E-state index contributed by atoms with van der Waals surface area (Å²) in [7, 11) is 0. The van der Waals surface area contributed by atoms with Gasteiger partial charge in [-0.2, -0.15) is 4.98 Å². The van der Waals surface area contributed by atoms with E-state index >= 15 is 0 Å². The summed E-state index contributed by atoms with van der Waals surface area (Å²) in [5.41, 5.74) is 1.64. The molecule has 0 radical (unpaired) electrons. The molecule has 0 unspecified atom stereocenters. The molecular weight excluding hydrogens is 331 g/mol. The Bertz CT molecular complexity index is 684. The predicted octanol–water partition coefficient (Wildman–Crippen LogP) is 5.58. The molecule has 1 fully saturated rings. The number of hydrogen-bond donors (Lipinski definition) is 2. The van der Waals surface area contributed by atoms with Gasteiger partial charge in [0.1, 0.15) is 5.82 Å². The van der Waals surface area contributed by atoms with Crippen LogP contribution in [0.3, 0.4) is 0 Å². The van der Waals surface area contributed by atoms with Crippen molar-refractivity contribution in [3.63, 3.8) is 0 Å². The second-order valence-electron chi connectivity index (χ2n) is 5.92. The summed E-state index contributed by atoms with van der Waals surface area (Å²) in [5.74, 6) is 1.37. The van der Waals surface area contributed by atoms with E-state index in [0.717, 1.165) is 11.4 Å². The van der Waals surface area contributed by atoms with Crippen LogP contribution >= 0.6 is 23.2 Å². The van der Waals surface area contributed by atoms with E-state index in [4.69, 9.17) is 23.2 Å². The first kappa shape index (κ1) is 16.3. The second kappa shape index (κ2) is 7.37. The lowest BCUT2D eigenvalue weighted by Crippen LogP contribution is -2.23. The van der Waals surface area contributed by atoms with Crippen molar-refractivity contribution >= 4 is 40.7 Å². The van der Waals surface area contributed by atoms with Crippen LogP contribution in [0.25, 0.3) is 0 Å². The van der Waals surface area contributed by atoms with Crippen LogP contribution in [0.2, 0.25) is 10.0 Å². The fraction of sp³-hybridized carbons (Fsp3) is 0.412. The van der Waals surface area contributed by atoms with Gasteiger partial charge < -0.3 is 10.6 Å². The predicted molar refractivity (Wildman–Crippen MR) is 97.0 cm³/mol. The van der Waals surface area contributed by atoms with Crippen LogP contribution in [0.4, 0.5) is 17.5 Å². The number of halogens is 2. The Kier molecular flexibility index (Phi) is 5.23. The molecule has 1 aliphatic rings. The molecular formula is C17H20Cl2N4. The Balaban J connectivity index is 1.78. The van der Waals surface area contributed by atoms with Gasteiger partial charge in [-0.05, 0) is 31.9 Å². The topological polar surface area (TPSA) is 49.8 Å². The molecule has 1 saturated carbocycles.